The van der Waals surface area contributed by atoms with E-state index in [4.69, 9.17) is 10.5 Å². The fourth-order valence-electron chi connectivity index (χ4n) is 2.71. The van der Waals surface area contributed by atoms with Gasteiger partial charge in [0.05, 0.1) is 12.8 Å². The number of carbonyl (C=O) groups excluding carboxylic acids is 1. The first-order valence-corrected chi connectivity index (χ1v) is 7.12. The van der Waals surface area contributed by atoms with Gasteiger partial charge in [0.2, 0.25) is 0 Å². The first-order chi connectivity index (χ1) is 10.6. The molecule has 3 rings (SSSR count). The third-order valence-corrected chi connectivity index (χ3v) is 3.89. The summed E-state index contributed by atoms with van der Waals surface area (Å²) in [6.07, 6.45) is 0. The van der Waals surface area contributed by atoms with Crippen molar-refractivity contribution >= 4 is 17.4 Å². The van der Waals surface area contributed by atoms with Gasteiger partial charge in [-0.1, -0.05) is 42.0 Å². The van der Waals surface area contributed by atoms with E-state index >= 15 is 0 Å². The molecule has 4 nitrogen and oxygen atoms in total. The molecule has 0 unspecified atom stereocenters. The Hall–Kier alpha value is -2.75. The molecule has 4 heteroatoms. The van der Waals surface area contributed by atoms with Crippen LogP contribution in [0.2, 0.25) is 0 Å². The number of nitrogens with two attached hydrogens (primary N) is 1. The number of esters is 1. The van der Waals surface area contributed by atoms with Crippen molar-refractivity contribution in [3.05, 3.63) is 70.9 Å². The summed E-state index contributed by atoms with van der Waals surface area (Å²) < 4.78 is 4.93. The Labute approximate surface area is 129 Å². The van der Waals surface area contributed by atoms with Gasteiger partial charge >= 0.3 is 5.97 Å². The normalized spacial score (nSPS) is 13.8. The minimum atomic E-state index is -0.424. The number of benzene rings is 2. The van der Waals surface area contributed by atoms with Gasteiger partial charge in [0.15, 0.2) is 5.70 Å². The summed E-state index contributed by atoms with van der Waals surface area (Å²) in [7, 11) is 1.37. The second-order valence-corrected chi connectivity index (χ2v) is 5.33. The van der Waals surface area contributed by atoms with Crippen LogP contribution in [-0.4, -0.2) is 13.1 Å². The van der Waals surface area contributed by atoms with Crippen molar-refractivity contribution in [2.24, 2.45) is 5.73 Å². The highest BCUT2D eigenvalue weighted by Crippen LogP contribution is 2.33. The molecule has 0 fully saturated rings. The molecule has 1 aliphatic rings. The molecule has 0 radical (unpaired) electrons. The van der Waals surface area contributed by atoms with E-state index in [9.17, 15) is 4.79 Å². The average molecular weight is 294 g/mol. The van der Waals surface area contributed by atoms with Crippen LogP contribution >= 0.6 is 0 Å². The third-order valence-electron chi connectivity index (χ3n) is 3.89. The maximum absolute atomic E-state index is 12.2. The molecule has 0 saturated carbocycles. The van der Waals surface area contributed by atoms with Crippen molar-refractivity contribution in [2.45, 2.75) is 13.5 Å². The molecule has 22 heavy (non-hydrogen) atoms. The van der Waals surface area contributed by atoms with E-state index in [1.54, 1.807) is 0 Å². The number of aryl methyl sites for hydroxylation is 1. The molecule has 2 aromatic carbocycles. The monoisotopic (exact) mass is 294 g/mol. The number of nitrogens with zero attached hydrogens (tertiary/aromatic N) is 1. The smallest absolute Gasteiger partial charge is 0.356 e. The predicted octanol–water partition coefficient (Wildman–Crippen LogP) is 2.82. The summed E-state index contributed by atoms with van der Waals surface area (Å²) in [4.78, 5) is 14.1. The zero-order chi connectivity index (χ0) is 15.7. The van der Waals surface area contributed by atoms with Crippen LogP contribution in [0.4, 0.5) is 5.69 Å². The summed E-state index contributed by atoms with van der Waals surface area (Å²) in [5.74, 6) is -0.424. The van der Waals surface area contributed by atoms with Crippen LogP contribution in [0.15, 0.2) is 54.2 Å². The molecule has 0 spiro atoms. The van der Waals surface area contributed by atoms with Crippen LogP contribution in [-0.2, 0) is 16.1 Å². The topological polar surface area (TPSA) is 55.6 Å². The number of carbonyl (C=O) groups is 1. The van der Waals surface area contributed by atoms with E-state index < -0.39 is 5.97 Å². The molecule has 0 saturated heterocycles. The van der Waals surface area contributed by atoms with Gasteiger partial charge < -0.3 is 15.4 Å². The molecular weight excluding hydrogens is 276 g/mol. The quantitative estimate of drug-likeness (QED) is 0.865. The first-order valence-electron chi connectivity index (χ1n) is 7.12. The summed E-state index contributed by atoms with van der Waals surface area (Å²) in [5, 5.41) is 0. The van der Waals surface area contributed by atoms with Crippen LogP contribution in [0.1, 0.15) is 16.7 Å². The highest BCUT2D eigenvalue weighted by atomic mass is 16.5. The lowest BCUT2D eigenvalue weighted by atomic mass is 9.97. The van der Waals surface area contributed by atoms with E-state index in [-0.39, 0.29) is 0 Å². The van der Waals surface area contributed by atoms with E-state index in [0.717, 1.165) is 22.4 Å². The minimum Gasteiger partial charge on any atom is -0.464 e. The van der Waals surface area contributed by atoms with E-state index in [1.165, 1.54) is 7.11 Å². The van der Waals surface area contributed by atoms with Gasteiger partial charge in [0.1, 0.15) is 0 Å². The SMILES string of the molecule is COC(=O)C1=C(N)c2ccccc2CN1c1ccc(C)cc1. The fraction of sp³-hybridized carbons (Fsp3) is 0.167. The van der Waals surface area contributed by atoms with Crippen LogP contribution in [0.25, 0.3) is 5.70 Å². The molecule has 112 valence electrons. The summed E-state index contributed by atoms with van der Waals surface area (Å²) in [6, 6.07) is 15.9. The van der Waals surface area contributed by atoms with Gasteiger partial charge in [-0.15, -0.1) is 0 Å². The highest BCUT2D eigenvalue weighted by Gasteiger charge is 2.29. The Morgan fingerprint density at radius 2 is 1.82 bits per heavy atom. The second kappa shape index (κ2) is 5.56. The lowest BCUT2D eigenvalue weighted by Gasteiger charge is -2.32. The number of methoxy groups -OCH3 is 1. The minimum absolute atomic E-state index is 0.394. The number of hydrogen-bond donors (Lipinski definition) is 1. The van der Waals surface area contributed by atoms with Crippen molar-refractivity contribution in [1.29, 1.82) is 0 Å². The average Bonchev–Trinajstić information content (AvgIpc) is 2.55. The van der Waals surface area contributed by atoms with E-state index in [0.29, 0.717) is 17.9 Å². The Balaban J connectivity index is 2.16. The number of rotatable bonds is 2. The molecule has 1 heterocycles. The molecule has 0 amide bonds. The lowest BCUT2D eigenvalue weighted by molar-refractivity contribution is -0.136. The number of hydrogen-bond acceptors (Lipinski definition) is 4. The zero-order valence-electron chi connectivity index (χ0n) is 12.7. The molecule has 1 aliphatic heterocycles. The molecule has 2 N–H and O–H groups in total. The van der Waals surface area contributed by atoms with E-state index in [2.05, 4.69) is 0 Å². The maximum Gasteiger partial charge on any atom is 0.356 e. The Bertz CT molecular complexity index is 748. The zero-order valence-corrected chi connectivity index (χ0v) is 12.7. The number of fused-ring (bicyclic) bond motifs is 1. The molecule has 0 bridgehead atoms. The standard InChI is InChI=1S/C18H18N2O2/c1-12-7-9-14(10-8-12)20-11-13-5-3-4-6-15(13)16(19)17(20)18(21)22-2/h3-10H,11,19H2,1-2H3. The molecular formula is C18H18N2O2. The Kier molecular flexibility index (Phi) is 3.59. The van der Waals surface area contributed by atoms with Crippen molar-refractivity contribution in [3.8, 4) is 0 Å². The van der Waals surface area contributed by atoms with Gasteiger partial charge in [-0.3, -0.25) is 0 Å². The van der Waals surface area contributed by atoms with Crippen LogP contribution < -0.4 is 10.6 Å². The molecule has 0 atom stereocenters. The molecule has 2 aromatic rings. The molecule has 0 aliphatic carbocycles. The summed E-state index contributed by atoms with van der Waals surface area (Å²) in [5.41, 5.74) is 11.2. The maximum atomic E-state index is 12.2. The van der Waals surface area contributed by atoms with Crippen molar-refractivity contribution in [1.82, 2.24) is 0 Å². The summed E-state index contributed by atoms with van der Waals surface area (Å²) >= 11 is 0. The third kappa shape index (κ3) is 2.33. The van der Waals surface area contributed by atoms with Gasteiger partial charge in [0.25, 0.3) is 0 Å². The van der Waals surface area contributed by atoms with Crippen molar-refractivity contribution in [3.63, 3.8) is 0 Å². The van der Waals surface area contributed by atoms with Crippen molar-refractivity contribution in [2.75, 3.05) is 12.0 Å². The predicted molar refractivity (Wildman–Crippen MR) is 86.9 cm³/mol. The lowest BCUT2D eigenvalue weighted by Crippen LogP contribution is -2.34. The Morgan fingerprint density at radius 3 is 2.50 bits per heavy atom. The highest BCUT2D eigenvalue weighted by molar-refractivity contribution is 6.02. The van der Waals surface area contributed by atoms with Gasteiger partial charge in [0, 0.05) is 17.8 Å². The van der Waals surface area contributed by atoms with Gasteiger partial charge in [-0.2, -0.15) is 0 Å². The van der Waals surface area contributed by atoms with Crippen molar-refractivity contribution < 1.29 is 9.53 Å². The fourth-order valence-corrected chi connectivity index (χ4v) is 2.71. The Morgan fingerprint density at radius 1 is 1.14 bits per heavy atom. The van der Waals surface area contributed by atoms with Crippen LogP contribution in [0.5, 0.6) is 0 Å². The molecule has 0 aromatic heterocycles. The summed E-state index contributed by atoms with van der Waals surface area (Å²) in [6.45, 7) is 2.62. The van der Waals surface area contributed by atoms with Crippen LogP contribution in [0, 0.1) is 6.92 Å². The number of ether oxygens (including phenoxy) is 1. The van der Waals surface area contributed by atoms with E-state index in [1.807, 2.05) is 60.4 Å². The number of anilines is 1. The van der Waals surface area contributed by atoms with Gasteiger partial charge in [-0.25, -0.2) is 4.79 Å². The second-order valence-electron chi connectivity index (χ2n) is 5.33. The van der Waals surface area contributed by atoms with Gasteiger partial charge in [-0.05, 0) is 24.6 Å². The first kappa shape index (κ1) is 14.2. The van der Waals surface area contributed by atoms with Crippen LogP contribution in [0.3, 0.4) is 0 Å². The largest absolute Gasteiger partial charge is 0.464 e.